The third-order valence-corrected chi connectivity index (χ3v) is 4.74. The van der Waals surface area contributed by atoms with E-state index in [2.05, 4.69) is 10.0 Å². The number of carbonyl (C=O) groups is 1. The Morgan fingerprint density at radius 3 is 2.70 bits per heavy atom. The van der Waals surface area contributed by atoms with E-state index < -0.39 is 10.0 Å². The lowest BCUT2D eigenvalue weighted by Crippen LogP contribution is -2.47. The molecular formula is C15H22ClN3O3S. The second-order valence-corrected chi connectivity index (χ2v) is 8.13. The molecule has 1 aromatic carbocycles. The van der Waals surface area contributed by atoms with Gasteiger partial charge in [0.2, 0.25) is 10.0 Å². The minimum Gasteiger partial charge on any atom is -0.334 e. The van der Waals surface area contributed by atoms with Gasteiger partial charge in [0.05, 0.1) is 6.26 Å². The first-order valence-corrected chi connectivity index (χ1v) is 9.82. The number of likely N-dealkylation sites (tertiary alicyclic amines) is 1. The van der Waals surface area contributed by atoms with Gasteiger partial charge in [-0.15, -0.1) is 0 Å². The average molecular weight is 360 g/mol. The molecule has 0 radical (unpaired) electrons. The van der Waals surface area contributed by atoms with E-state index in [1.165, 1.54) is 0 Å². The Bertz CT molecular complexity index is 634. The molecule has 0 saturated carbocycles. The Labute approximate surface area is 142 Å². The van der Waals surface area contributed by atoms with Gasteiger partial charge in [0.25, 0.3) is 0 Å². The number of rotatable bonds is 5. The van der Waals surface area contributed by atoms with Gasteiger partial charge in [-0.25, -0.2) is 17.9 Å². The van der Waals surface area contributed by atoms with Crippen LogP contribution in [0.1, 0.15) is 18.4 Å². The van der Waals surface area contributed by atoms with Crippen LogP contribution in [0.4, 0.5) is 4.79 Å². The van der Waals surface area contributed by atoms with Crippen LogP contribution in [-0.4, -0.2) is 45.2 Å². The molecule has 2 N–H and O–H groups in total. The molecule has 6 nitrogen and oxygen atoms in total. The number of hydrogen-bond donors (Lipinski definition) is 2. The van der Waals surface area contributed by atoms with Crippen molar-refractivity contribution in [3.05, 3.63) is 34.9 Å². The van der Waals surface area contributed by atoms with Gasteiger partial charge < -0.3 is 10.2 Å². The van der Waals surface area contributed by atoms with Crippen LogP contribution in [0.25, 0.3) is 0 Å². The van der Waals surface area contributed by atoms with E-state index in [0.29, 0.717) is 31.2 Å². The minimum atomic E-state index is -3.19. The molecule has 0 spiro atoms. The van der Waals surface area contributed by atoms with Crippen molar-refractivity contribution in [3.63, 3.8) is 0 Å². The van der Waals surface area contributed by atoms with Crippen molar-refractivity contribution < 1.29 is 13.2 Å². The molecule has 1 atom stereocenters. The zero-order valence-electron chi connectivity index (χ0n) is 13.1. The summed E-state index contributed by atoms with van der Waals surface area (Å²) in [5.41, 5.74) is 0.982. The van der Waals surface area contributed by atoms with E-state index in [1.807, 2.05) is 12.1 Å². The summed E-state index contributed by atoms with van der Waals surface area (Å²) in [5.74, 6) is 0.153. The molecule has 0 aromatic heterocycles. The first-order chi connectivity index (χ1) is 10.8. The van der Waals surface area contributed by atoms with Crippen LogP contribution in [0, 0.1) is 5.92 Å². The summed E-state index contributed by atoms with van der Waals surface area (Å²) >= 11 is 5.83. The first-order valence-electron chi connectivity index (χ1n) is 7.55. The highest BCUT2D eigenvalue weighted by Gasteiger charge is 2.24. The lowest BCUT2D eigenvalue weighted by Gasteiger charge is -2.32. The number of carbonyl (C=O) groups excluding carboxylic acids is 1. The summed E-state index contributed by atoms with van der Waals surface area (Å²) in [4.78, 5) is 14.0. The van der Waals surface area contributed by atoms with E-state index >= 15 is 0 Å². The van der Waals surface area contributed by atoms with E-state index in [-0.39, 0.29) is 11.9 Å². The van der Waals surface area contributed by atoms with Gasteiger partial charge in [-0.05, 0) is 36.5 Å². The molecule has 1 heterocycles. The predicted octanol–water partition coefficient (Wildman–Crippen LogP) is 1.81. The van der Waals surface area contributed by atoms with E-state index in [4.69, 9.17) is 11.6 Å². The molecule has 128 valence electrons. The van der Waals surface area contributed by atoms with Crippen LogP contribution in [-0.2, 0) is 16.6 Å². The Morgan fingerprint density at radius 1 is 1.35 bits per heavy atom. The van der Waals surface area contributed by atoms with Crippen LogP contribution in [0.15, 0.2) is 24.3 Å². The normalized spacial score (nSPS) is 18.7. The minimum absolute atomic E-state index is 0.121. The number of sulfonamides is 1. The zero-order chi connectivity index (χ0) is 16.9. The summed E-state index contributed by atoms with van der Waals surface area (Å²) in [6.45, 7) is 2.08. The Hall–Kier alpha value is -1.31. The maximum absolute atomic E-state index is 12.2. The fourth-order valence-corrected chi connectivity index (χ4v) is 3.24. The van der Waals surface area contributed by atoms with Gasteiger partial charge in [0.1, 0.15) is 0 Å². The lowest BCUT2D eigenvalue weighted by atomic mass is 9.99. The summed E-state index contributed by atoms with van der Waals surface area (Å²) in [5, 5.41) is 3.55. The molecule has 1 aliphatic rings. The van der Waals surface area contributed by atoms with Gasteiger partial charge in [-0.1, -0.05) is 23.7 Å². The summed E-state index contributed by atoms with van der Waals surface area (Å²) in [7, 11) is -3.19. The maximum atomic E-state index is 12.2. The average Bonchev–Trinajstić information content (AvgIpc) is 2.52. The largest absolute Gasteiger partial charge is 0.334 e. The molecule has 2 rings (SSSR count). The van der Waals surface area contributed by atoms with Crippen molar-refractivity contribution in [3.8, 4) is 0 Å². The van der Waals surface area contributed by atoms with Crippen LogP contribution in [0.3, 0.4) is 0 Å². The number of nitrogens with one attached hydrogen (secondary N) is 2. The molecule has 1 saturated heterocycles. The lowest BCUT2D eigenvalue weighted by molar-refractivity contribution is 0.166. The van der Waals surface area contributed by atoms with Crippen molar-refractivity contribution in [1.82, 2.24) is 14.9 Å². The van der Waals surface area contributed by atoms with Crippen LogP contribution in [0.2, 0.25) is 5.02 Å². The van der Waals surface area contributed by atoms with Gasteiger partial charge in [0, 0.05) is 31.2 Å². The van der Waals surface area contributed by atoms with Crippen molar-refractivity contribution in [1.29, 1.82) is 0 Å². The molecule has 2 amide bonds. The summed E-state index contributed by atoms with van der Waals surface area (Å²) in [6.07, 6.45) is 2.94. The summed E-state index contributed by atoms with van der Waals surface area (Å²) < 4.78 is 24.8. The molecule has 23 heavy (non-hydrogen) atoms. The number of piperidine rings is 1. The fraction of sp³-hybridized carbons (Fsp3) is 0.533. The monoisotopic (exact) mass is 359 g/mol. The van der Waals surface area contributed by atoms with Gasteiger partial charge in [-0.2, -0.15) is 0 Å². The maximum Gasteiger partial charge on any atom is 0.317 e. The Balaban J connectivity index is 1.80. The number of halogens is 1. The zero-order valence-corrected chi connectivity index (χ0v) is 14.7. The SMILES string of the molecule is CS(=O)(=O)NCC1CCCN(C(=O)NCc2ccc(Cl)cc2)C1. The van der Waals surface area contributed by atoms with Gasteiger partial charge >= 0.3 is 6.03 Å². The molecule has 1 unspecified atom stereocenters. The van der Waals surface area contributed by atoms with E-state index in [1.54, 1.807) is 17.0 Å². The first kappa shape index (κ1) is 18.0. The highest BCUT2D eigenvalue weighted by Crippen LogP contribution is 2.16. The van der Waals surface area contributed by atoms with Crippen molar-refractivity contribution in [2.24, 2.45) is 5.92 Å². The topological polar surface area (TPSA) is 78.5 Å². The van der Waals surface area contributed by atoms with Crippen LogP contribution in [0.5, 0.6) is 0 Å². The molecular weight excluding hydrogens is 338 g/mol. The molecule has 0 bridgehead atoms. The van der Waals surface area contributed by atoms with Crippen LogP contribution < -0.4 is 10.0 Å². The summed E-state index contributed by atoms with van der Waals surface area (Å²) in [6, 6.07) is 7.20. The highest BCUT2D eigenvalue weighted by molar-refractivity contribution is 7.88. The highest BCUT2D eigenvalue weighted by atomic mass is 35.5. The second-order valence-electron chi connectivity index (χ2n) is 5.86. The van der Waals surface area contributed by atoms with Gasteiger partial charge in [0.15, 0.2) is 0 Å². The van der Waals surface area contributed by atoms with Crippen molar-refractivity contribution in [2.75, 3.05) is 25.9 Å². The number of amides is 2. The van der Waals surface area contributed by atoms with Crippen molar-refractivity contribution in [2.45, 2.75) is 19.4 Å². The Morgan fingerprint density at radius 2 is 2.04 bits per heavy atom. The van der Waals surface area contributed by atoms with Crippen molar-refractivity contribution >= 4 is 27.7 Å². The fourth-order valence-electron chi connectivity index (χ4n) is 2.58. The number of benzene rings is 1. The molecule has 1 fully saturated rings. The quantitative estimate of drug-likeness (QED) is 0.841. The smallest absolute Gasteiger partial charge is 0.317 e. The third-order valence-electron chi connectivity index (χ3n) is 3.80. The predicted molar refractivity (Wildman–Crippen MR) is 90.8 cm³/mol. The molecule has 1 aliphatic heterocycles. The van der Waals surface area contributed by atoms with E-state index in [0.717, 1.165) is 24.7 Å². The molecule has 8 heteroatoms. The number of hydrogen-bond acceptors (Lipinski definition) is 3. The Kier molecular flexibility index (Phi) is 6.26. The molecule has 0 aliphatic carbocycles. The standard InChI is InChI=1S/C15H22ClN3O3S/c1-23(21,22)18-10-13-3-2-8-19(11-13)15(20)17-9-12-4-6-14(16)7-5-12/h4-7,13,18H,2-3,8-11H2,1H3,(H,17,20). The molecule has 1 aromatic rings. The van der Waals surface area contributed by atoms with Gasteiger partial charge in [-0.3, -0.25) is 0 Å². The van der Waals surface area contributed by atoms with E-state index in [9.17, 15) is 13.2 Å². The van der Waals surface area contributed by atoms with Crippen LogP contribution >= 0.6 is 11.6 Å². The second kappa shape index (κ2) is 7.99. The number of nitrogens with zero attached hydrogens (tertiary/aromatic N) is 1. The third kappa shape index (κ3) is 6.37. The number of urea groups is 1.